The standard InChI is InChI=1S/C27H37N5O6S.HI/c1-17-23(26(37)30-16-14-22(35)38-2)39-27(32(17)20-7-4-3-5-8-20)31-25(36)19-12-10-18(11-13-19)24(28)29-15-6-9-21(33)34;/h10-13,17,20,23H,3-9,14-16H2,1-2H3,(H2,28,29)(H,30,37)(H,33,34);1H. The van der Waals surface area contributed by atoms with Crippen molar-refractivity contribution in [2.75, 3.05) is 20.2 Å². The van der Waals surface area contributed by atoms with Crippen LogP contribution in [0, 0.1) is 5.41 Å². The second-order valence-electron chi connectivity index (χ2n) is 9.67. The van der Waals surface area contributed by atoms with Crippen LogP contribution in [-0.4, -0.2) is 82.3 Å². The maximum Gasteiger partial charge on any atom is 0.307 e. The predicted molar refractivity (Wildman–Crippen MR) is 165 cm³/mol. The lowest BCUT2D eigenvalue weighted by atomic mass is 9.93. The number of hydrogen-bond acceptors (Lipinski definition) is 7. The second-order valence-corrected chi connectivity index (χ2v) is 10.8. The molecule has 0 aromatic heterocycles. The van der Waals surface area contributed by atoms with Gasteiger partial charge in [-0.25, -0.2) is 0 Å². The van der Waals surface area contributed by atoms with Crippen LogP contribution in [0.1, 0.15) is 74.2 Å². The number of carboxylic acid groups (broad SMARTS) is 1. The van der Waals surface area contributed by atoms with Crippen LogP contribution in [-0.2, 0) is 19.1 Å². The fourth-order valence-corrected chi connectivity index (χ4v) is 6.09. The van der Waals surface area contributed by atoms with E-state index in [2.05, 4.69) is 25.3 Å². The molecule has 1 saturated carbocycles. The molecule has 1 aliphatic carbocycles. The summed E-state index contributed by atoms with van der Waals surface area (Å²) in [5.74, 6) is -1.75. The summed E-state index contributed by atoms with van der Waals surface area (Å²) in [6.07, 6.45) is 5.83. The molecule has 2 fully saturated rings. The summed E-state index contributed by atoms with van der Waals surface area (Å²) in [5.41, 5.74) is 0.943. The van der Waals surface area contributed by atoms with E-state index in [0.29, 0.717) is 29.3 Å². The Hall–Kier alpha value is -2.68. The number of carbonyl (C=O) groups excluding carboxylic acids is 3. The van der Waals surface area contributed by atoms with Gasteiger partial charge in [-0.15, -0.1) is 24.0 Å². The monoisotopic (exact) mass is 687 g/mol. The van der Waals surface area contributed by atoms with Crippen molar-refractivity contribution in [3.8, 4) is 0 Å². The number of methoxy groups -OCH3 is 1. The lowest BCUT2D eigenvalue weighted by Gasteiger charge is -2.36. The van der Waals surface area contributed by atoms with E-state index in [-0.39, 0.29) is 67.2 Å². The van der Waals surface area contributed by atoms with Crippen molar-refractivity contribution >= 4 is 70.5 Å². The first-order valence-electron chi connectivity index (χ1n) is 13.3. The quantitative estimate of drug-likeness (QED) is 0.0899. The zero-order chi connectivity index (χ0) is 28.4. The SMILES string of the molecule is COC(=O)CCNC(=O)C1SC(=NC(=O)c2ccc(C(=N)NCCCC(=O)O)cc2)N(C2CCCCC2)C1C.I. The molecule has 220 valence electrons. The van der Waals surface area contributed by atoms with E-state index in [9.17, 15) is 19.2 Å². The summed E-state index contributed by atoms with van der Waals surface area (Å²) in [7, 11) is 1.31. The summed E-state index contributed by atoms with van der Waals surface area (Å²) in [4.78, 5) is 54.7. The zero-order valence-corrected chi connectivity index (χ0v) is 26.0. The van der Waals surface area contributed by atoms with Crippen molar-refractivity contribution in [1.29, 1.82) is 5.41 Å². The summed E-state index contributed by atoms with van der Waals surface area (Å²) in [6.45, 7) is 2.52. The molecule has 2 atom stereocenters. The number of amidine groups is 2. The van der Waals surface area contributed by atoms with E-state index in [1.54, 1.807) is 24.3 Å². The van der Waals surface area contributed by atoms with Crippen LogP contribution < -0.4 is 10.6 Å². The molecule has 13 heteroatoms. The van der Waals surface area contributed by atoms with Crippen LogP contribution in [0.15, 0.2) is 29.3 Å². The normalized spacial score (nSPS) is 19.9. The summed E-state index contributed by atoms with van der Waals surface area (Å²) in [5, 5.41) is 22.6. The van der Waals surface area contributed by atoms with Gasteiger partial charge >= 0.3 is 11.9 Å². The number of nitrogens with one attached hydrogen (secondary N) is 3. The van der Waals surface area contributed by atoms with Crippen molar-refractivity contribution < 1.29 is 29.0 Å². The Bertz CT molecular complexity index is 1090. The first kappa shape index (κ1) is 33.5. The molecule has 11 nitrogen and oxygen atoms in total. The molecule has 1 aromatic carbocycles. The van der Waals surface area contributed by atoms with Crippen molar-refractivity contribution in [1.82, 2.24) is 15.5 Å². The Morgan fingerprint density at radius 1 is 1.05 bits per heavy atom. The highest BCUT2D eigenvalue weighted by molar-refractivity contribution is 14.0. The molecule has 2 amide bonds. The van der Waals surface area contributed by atoms with Gasteiger partial charge in [0.15, 0.2) is 5.17 Å². The van der Waals surface area contributed by atoms with Crippen molar-refractivity contribution in [2.24, 2.45) is 4.99 Å². The number of thioether (sulfide) groups is 1. The minimum atomic E-state index is -0.879. The second kappa shape index (κ2) is 16.6. The number of aliphatic carboxylic acids is 1. The van der Waals surface area contributed by atoms with Gasteiger partial charge in [0.1, 0.15) is 11.1 Å². The highest BCUT2D eigenvalue weighted by atomic mass is 127. The van der Waals surface area contributed by atoms with Crippen LogP contribution in [0.3, 0.4) is 0 Å². The number of rotatable bonds is 11. The number of nitrogens with zero attached hydrogens (tertiary/aromatic N) is 2. The van der Waals surface area contributed by atoms with Crippen molar-refractivity contribution in [2.45, 2.75) is 75.6 Å². The maximum atomic E-state index is 13.1. The van der Waals surface area contributed by atoms with Crippen molar-refractivity contribution in [3.63, 3.8) is 0 Å². The van der Waals surface area contributed by atoms with E-state index < -0.39 is 23.1 Å². The molecule has 1 heterocycles. The third-order valence-corrected chi connectivity index (χ3v) is 8.27. The first-order chi connectivity index (χ1) is 18.7. The van der Waals surface area contributed by atoms with E-state index in [0.717, 1.165) is 25.7 Å². The third kappa shape index (κ3) is 9.46. The number of carboxylic acids is 1. The van der Waals surface area contributed by atoms with Gasteiger partial charge in [0, 0.05) is 42.7 Å². The van der Waals surface area contributed by atoms with Gasteiger partial charge in [-0.3, -0.25) is 24.6 Å². The number of amides is 2. The van der Waals surface area contributed by atoms with Crippen LogP contribution in [0.5, 0.6) is 0 Å². The summed E-state index contributed by atoms with van der Waals surface area (Å²) >= 11 is 1.28. The number of aliphatic imine (C=N–C) groups is 1. The number of esters is 1. The highest BCUT2D eigenvalue weighted by Gasteiger charge is 2.44. The average Bonchev–Trinajstić information content (AvgIpc) is 3.26. The first-order valence-corrected chi connectivity index (χ1v) is 14.2. The predicted octanol–water partition coefficient (Wildman–Crippen LogP) is 3.40. The van der Waals surface area contributed by atoms with Gasteiger partial charge in [-0.2, -0.15) is 4.99 Å². The molecular weight excluding hydrogens is 649 g/mol. The number of hydrogen-bond donors (Lipinski definition) is 4. The third-order valence-electron chi connectivity index (χ3n) is 6.90. The minimum absolute atomic E-state index is 0. The highest BCUT2D eigenvalue weighted by Crippen LogP contribution is 2.37. The molecule has 2 unspecified atom stereocenters. The topological polar surface area (TPSA) is 161 Å². The molecule has 4 N–H and O–H groups in total. The molecule has 2 aliphatic rings. The van der Waals surface area contributed by atoms with Gasteiger partial charge in [0.05, 0.1) is 13.5 Å². The summed E-state index contributed by atoms with van der Waals surface area (Å²) < 4.78 is 4.63. The lowest BCUT2D eigenvalue weighted by molar-refractivity contribution is -0.140. The molecule has 0 spiro atoms. The van der Waals surface area contributed by atoms with Gasteiger partial charge in [-0.05, 0) is 38.3 Å². The number of ether oxygens (including phenoxy) is 1. The summed E-state index contributed by atoms with van der Waals surface area (Å²) in [6, 6.07) is 6.57. The number of benzene rings is 1. The maximum absolute atomic E-state index is 13.1. The van der Waals surface area contributed by atoms with Crippen molar-refractivity contribution in [3.05, 3.63) is 35.4 Å². The zero-order valence-electron chi connectivity index (χ0n) is 22.8. The van der Waals surface area contributed by atoms with Gasteiger partial charge < -0.3 is 25.4 Å². The Morgan fingerprint density at radius 2 is 1.70 bits per heavy atom. The molecule has 0 bridgehead atoms. The largest absolute Gasteiger partial charge is 0.481 e. The van der Waals surface area contributed by atoms with Gasteiger partial charge in [-0.1, -0.05) is 43.2 Å². The van der Waals surface area contributed by atoms with Crippen LogP contribution in [0.2, 0.25) is 0 Å². The Labute approximate surface area is 255 Å². The smallest absolute Gasteiger partial charge is 0.307 e. The number of carbonyl (C=O) groups is 4. The van der Waals surface area contributed by atoms with E-state index in [1.807, 2.05) is 6.92 Å². The van der Waals surface area contributed by atoms with E-state index in [4.69, 9.17) is 10.5 Å². The molecule has 40 heavy (non-hydrogen) atoms. The Kier molecular flexibility index (Phi) is 13.9. The van der Waals surface area contributed by atoms with Crippen LogP contribution in [0.25, 0.3) is 0 Å². The molecule has 1 aliphatic heterocycles. The molecular formula is C27H38IN5O6S. The Balaban J connectivity index is 0.00000560. The fraction of sp³-hybridized carbons (Fsp3) is 0.556. The molecule has 1 saturated heterocycles. The van der Waals surface area contributed by atoms with E-state index >= 15 is 0 Å². The average molecular weight is 688 g/mol. The van der Waals surface area contributed by atoms with E-state index in [1.165, 1.54) is 25.3 Å². The molecule has 0 radical (unpaired) electrons. The van der Waals surface area contributed by atoms with Gasteiger partial charge in [0.25, 0.3) is 5.91 Å². The Morgan fingerprint density at radius 3 is 2.33 bits per heavy atom. The lowest BCUT2D eigenvalue weighted by Crippen LogP contribution is -2.47. The number of halogens is 1. The van der Waals surface area contributed by atoms with Gasteiger partial charge in [0.2, 0.25) is 5.91 Å². The fourth-order valence-electron chi connectivity index (χ4n) is 4.77. The van der Waals surface area contributed by atoms with Crippen LogP contribution >= 0.6 is 35.7 Å². The minimum Gasteiger partial charge on any atom is -0.481 e. The van der Waals surface area contributed by atoms with Crippen LogP contribution in [0.4, 0.5) is 0 Å². The molecule has 3 rings (SSSR count). The molecule has 1 aromatic rings.